The number of aromatic nitrogens is 2. The van der Waals surface area contributed by atoms with E-state index in [1.54, 1.807) is 42.5 Å². The molecule has 0 saturated heterocycles. The van der Waals surface area contributed by atoms with Crippen molar-refractivity contribution in [2.45, 2.75) is 0 Å². The average Bonchev–Trinajstić information content (AvgIpc) is 2.89. The van der Waals surface area contributed by atoms with Gasteiger partial charge in [-0.15, -0.1) is 10.2 Å². The summed E-state index contributed by atoms with van der Waals surface area (Å²) in [5.74, 6) is 0.0955. The van der Waals surface area contributed by atoms with E-state index in [-0.39, 0.29) is 11.5 Å². The fourth-order valence-electron chi connectivity index (χ4n) is 1.71. The topological polar surface area (TPSA) is 64.9 Å². The summed E-state index contributed by atoms with van der Waals surface area (Å²) in [6.07, 6.45) is 0. The predicted octanol–water partition coefficient (Wildman–Crippen LogP) is 3.12. The Bertz CT molecular complexity index is 707. The predicted molar refractivity (Wildman–Crippen MR) is 69.5 cm³/mol. The van der Waals surface area contributed by atoms with E-state index >= 15 is 0 Å². The van der Waals surface area contributed by atoms with Crippen molar-refractivity contribution >= 4 is 5.69 Å². The Hall–Kier alpha value is -2.69. The summed E-state index contributed by atoms with van der Waals surface area (Å²) in [5, 5.41) is 7.77. The van der Waals surface area contributed by atoms with Crippen LogP contribution in [0.15, 0.2) is 52.9 Å². The van der Waals surface area contributed by atoms with Crippen molar-refractivity contribution in [2.75, 3.05) is 5.73 Å². The first-order valence-electron chi connectivity index (χ1n) is 5.68. The highest BCUT2D eigenvalue weighted by molar-refractivity contribution is 5.60. The van der Waals surface area contributed by atoms with Crippen LogP contribution in [0.4, 0.5) is 10.1 Å². The third-order valence-corrected chi connectivity index (χ3v) is 2.69. The molecule has 0 aliphatic carbocycles. The van der Waals surface area contributed by atoms with Gasteiger partial charge in [0.05, 0.1) is 5.56 Å². The molecular formula is C14H10FN3O. The average molecular weight is 255 g/mol. The number of nitrogen functional groups attached to an aromatic ring is 1. The normalized spacial score (nSPS) is 10.6. The van der Waals surface area contributed by atoms with Gasteiger partial charge in [-0.1, -0.05) is 12.1 Å². The summed E-state index contributed by atoms with van der Waals surface area (Å²) in [7, 11) is 0. The van der Waals surface area contributed by atoms with Crippen LogP contribution in [-0.2, 0) is 0 Å². The Morgan fingerprint density at radius 3 is 2.32 bits per heavy atom. The standard InChI is InChI=1S/C14H10FN3O/c15-12-4-2-1-3-11(12)14-18-17-13(19-14)9-5-7-10(16)8-6-9/h1-8H,16H2. The zero-order chi connectivity index (χ0) is 13.2. The van der Waals surface area contributed by atoms with E-state index in [9.17, 15) is 4.39 Å². The van der Waals surface area contributed by atoms with Crippen molar-refractivity contribution in [1.29, 1.82) is 0 Å². The van der Waals surface area contributed by atoms with E-state index in [0.717, 1.165) is 5.56 Å². The van der Waals surface area contributed by atoms with E-state index in [1.165, 1.54) is 6.07 Å². The van der Waals surface area contributed by atoms with Gasteiger partial charge < -0.3 is 10.2 Å². The molecule has 0 amide bonds. The molecule has 0 aliphatic rings. The molecule has 2 aromatic carbocycles. The number of nitrogens with two attached hydrogens (primary N) is 1. The summed E-state index contributed by atoms with van der Waals surface area (Å²) >= 11 is 0. The van der Waals surface area contributed by atoms with Crippen LogP contribution in [0.2, 0.25) is 0 Å². The largest absolute Gasteiger partial charge is 0.416 e. The third-order valence-electron chi connectivity index (χ3n) is 2.69. The van der Waals surface area contributed by atoms with Gasteiger partial charge in [0.15, 0.2) is 0 Å². The highest BCUT2D eigenvalue weighted by Gasteiger charge is 2.13. The van der Waals surface area contributed by atoms with Crippen LogP contribution in [0.25, 0.3) is 22.9 Å². The van der Waals surface area contributed by atoms with Crippen LogP contribution in [0.1, 0.15) is 0 Å². The molecule has 0 fully saturated rings. The van der Waals surface area contributed by atoms with Crippen molar-refractivity contribution in [1.82, 2.24) is 10.2 Å². The number of anilines is 1. The van der Waals surface area contributed by atoms with Crippen molar-refractivity contribution in [2.24, 2.45) is 0 Å². The number of nitrogens with zero attached hydrogens (tertiary/aromatic N) is 2. The SMILES string of the molecule is Nc1ccc(-c2nnc(-c3ccccc3F)o2)cc1. The second kappa shape index (κ2) is 4.53. The minimum Gasteiger partial charge on any atom is -0.416 e. The van der Waals surface area contributed by atoms with Crippen molar-refractivity contribution in [3.05, 3.63) is 54.3 Å². The first-order chi connectivity index (χ1) is 9.24. The summed E-state index contributed by atoms with van der Waals surface area (Å²) in [4.78, 5) is 0. The molecule has 0 atom stereocenters. The molecule has 0 aliphatic heterocycles. The lowest BCUT2D eigenvalue weighted by atomic mass is 10.2. The lowest BCUT2D eigenvalue weighted by Gasteiger charge is -1.97. The molecular weight excluding hydrogens is 245 g/mol. The van der Waals surface area contributed by atoms with Gasteiger partial charge in [0, 0.05) is 11.3 Å². The molecule has 0 saturated carbocycles. The maximum atomic E-state index is 13.6. The molecule has 1 aromatic heterocycles. The molecule has 94 valence electrons. The molecule has 4 nitrogen and oxygen atoms in total. The molecule has 19 heavy (non-hydrogen) atoms. The van der Waals surface area contributed by atoms with E-state index < -0.39 is 5.82 Å². The quantitative estimate of drug-likeness (QED) is 0.714. The molecule has 3 aromatic rings. The van der Waals surface area contributed by atoms with E-state index in [1.807, 2.05) is 0 Å². The maximum Gasteiger partial charge on any atom is 0.251 e. The Kier molecular flexibility index (Phi) is 2.72. The third kappa shape index (κ3) is 2.18. The van der Waals surface area contributed by atoms with Crippen molar-refractivity contribution in [3.63, 3.8) is 0 Å². The van der Waals surface area contributed by atoms with Gasteiger partial charge in [-0.25, -0.2) is 4.39 Å². The van der Waals surface area contributed by atoms with E-state index in [0.29, 0.717) is 11.6 Å². The molecule has 0 unspecified atom stereocenters. The molecule has 0 spiro atoms. The number of benzene rings is 2. The van der Waals surface area contributed by atoms with E-state index in [2.05, 4.69) is 10.2 Å². The molecule has 0 bridgehead atoms. The second-order valence-electron chi connectivity index (χ2n) is 4.01. The van der Waals surface area contributed by atoms with Gasteiger partial charge in [-0.2, -0.15) is 0 Å². The first-order valence-corrected chi connectivity index (χ1v) is 5.68. The van der Waals surface area contributed by atoms with Gasteiger partial charge in [0.1, 0.15) is 5.82 Å². The number of hydrogen-bond donors (Lipinski definition) is 1. The van der Waals surface area contributed by atoms with Gasteiger partial charge >= 0.3 is 0 Å². The number of halogens is 1. The number of rotatable bonds is 2. The lowest BCUT2D eigenvalue weighted by molar-refractivity contribution is 0.570. The van der Waals surface area contributed by atoms with Gasteiger partial charge in [0.2, 0.25) is 5.89 Å². The maximum absolute atomic E-state index is 13.6. The Morgan fingerprint density at radius 1 is 0.895 bits per heavy atom. The summed E-state index contributed by atoms with van der Waals surface area (Å²) in [6.45, 7) is 0. The minimum atomic E-state index is -0.394. The Balaban J connectivity index is 2.00. The fourth-order valence-corrected chi connectivity index (χ4v) is 1.71. The van der Waals surface area contributed by atoms with E-state index in [4.69, 9.17) is 10.2 Å². The van der Waals surface area contributed by atoms with Crippen molar-refractivity contribution in [3.8, 4) is 22.9 Å². The smallest absolute Gasteiger partial charge is 0.251 e. The highest BCUT2D eigenvalue weighted by atomic mass is 19.1. The molecule has 0 radical (unpaired) electrons. The van der Waals surface area contributed by atoms with Crippen LogP contribution >= 0.6 is 0 Å². The Morgan fingerprint density at radius 2 is 1.58 bits per heavy atom. The van der Waals surface area contributed by atoms with Gasteiger partial charge in [-0.05, 0) is 36.4 Å². The lowest BCUT2D eigenvalue weighted by Crippen LogP contribution is -1.83. The second-order valence-corrected chi connectivity index (χ2v) is 4.01. The summed E-state index contributed by atoms with van der Waals surface area (Å²) in [6, 6.07) is 13.3. The molecule has 1 heterocycles. The van der Waals surface area contributed by atoms with Crippen LogP contribution in [0.3, 0.4) is 0 Å². The van der Waals surface area contributed by atoms with Crippen LogP contribution in [0, 0.1) is 5.82 Å². The zero-order valence-electron chi connectivity index (χ0n) is 9.88. The first kappa shape index (κ1) is 11.4. The van der Waals surface area contributed by atoms with Crippen LogP contribution in [0.5, 0.6) is 0 Å². The van der Waals surface area contributed by atoms with Crippen molar-refractivity contribution < 1.29 is 8.81 Å². The monoisotopic (exact) mass is 255 g/mol. The summed E-state index contributed by atoms with van der Waals surface area (Å²) < 4.78 is 19.1. The minimum absolute atomic E-state index is 0.157. The highest BCUT2D eigenvalue weighted by Crippen LogP contribution is 2.25. The van der Waals surface area contributed by atoms with Crippen LogP contribution in [-0.4, -0.2) is 10.2 Å². The molecule has 3 rings (SSSR count). The number of hydrogen-bond acceptors (Lipinski definition) is 4. The van der Waals surface area contributed by atoms with Crippen LogP contribution < -0.4 is 5.73 Å². The molecule has 5 heteroatoms. The summed E-state index contributed by atoms with van der Waals surface area (Å²) in [5.41, 5.74) is 7.28. The zero-order valence-corrected chi connectivity index (χ0v) is 9.88. The fraction of sp³-hybridized carbons (Fsp3) is 0. The van der Waals surface area contributed by atoms with Gasteiger partial charge in [-0.3, -0.25) is 0 Å². The van der Waals surface area contributed by atoms with Gasteiger partial charge in [0.25, 0.3) is 5.89 Å². The molecule has 2 N–H and O–H groups in total. The Labute approximate surface area is 108 Å².